The minimum Gasteiger partial charge on any atom is -0.372 e. The van der Waals surface area contributed by atoms with E-state index >= 15 is 0 Å². The van der Waals surface area contributed by atoms with Gasteiger partial charge in [-0.05, 0) is 12.5 Å². The van der Waals surface area contributed by atoms with Crippen LogP contribution < -0.4 is 0 Å². The second-order valence-corrected chi connectivity index (χ2v) is 3.90. The largest absolute Gasteiger partial charge is 0.411 e. The number of Topliss-reactive ketones (excluding diaryl/α,β-unsaturated/α-hetero) is 1. The van der Waals surface area contributed by atoms with Gasteiger partial charge in [0.05, 0.1) is 6.61 Å². The van der Waals surface area contributed by atoms with Crippen LogP contribution >= 0.6 is 0 Å². The molecule has 1 heterocycles. The number of alkyl halides is 3. The molecule has 1 rings (SSSR count). The smallest absolute Gasteiger partial charge is 0.372 e. The molecular weight excluding hydrogens is 249 g/mol. The molecule has 0 aliphatic rings. The zero-order valence-electron chi connectivity index (χ0n) is 10.0. The molecule has 0 bridgehead atoms. The van der Waals surface area contributed by atoms with Crippen molar-refractivity contribution < 1.29 is 22.7 Å². The minimum atomic E-state index is -4.34. The molecule has 1 aromatic heterocycles. The van der Waals surface area contributed by atoms with Crippen molar-refractivity contribution in [3.05, 3.63) is 18.0 Å². The first-order valence-electron chi connectivity index (χ1n) is 5.51. The Kier molecular flexibility index (Phi) is 5.33. The Bertz CT molecular complexity index is 388. The van der Waals surface area contributed by atoms with Crippen LogP contribution in [0.4, 0.5) is 13.2 Å². The monoisotopic (exact) mass is 264 g/mol. The van der Waals surface area contributed by atoms with E-state index in [-0.39, 0.29) is 25.2 Å². The fraction of sp³-hybridized carbons (Fsp3) is 0.636. The number of rotatable bonds is 7. The number of carbonyl (C=O) groups excluding carboxylic acids is 1. The van der Waals surface area contributed by atoms with Crippen LogP contribution in [0.15, 0.2) is 12.3 Å². The highest BCUT2D eigenvalue weighted by Gasteiger charge is 2.27. The molecule has 0 saturated heterocycles. The molecule has 0 aromatic carbocycles. The lowest BCUT2D eigenvalue weighted by Gasteiger charge is -2.07. The highest BCUT2D eigenvalue weighted by atomic mass is 19.4. The zero-order chi connectivity index (χ0) is 13.6. The second kappa shape index (κ2) is 6.53. The average molecular weight is 264 g/mol. The molecule has 0 amide bonds. The van der Waals surface area contributed by atoms with Gasteiger partial charge in [-0.1, -0.05) is 0 Å². The molecule has 18 heavy (non-hydrogen) atoms. The summed E-state index contributed by atoms with van der Waals surface area (Å²) in [6, 6.07) is 1.80. The normalized spacial score (nSPS) is 11.8. The topological polar surface area (TPSA) is 44.1 Å². The third-order valence-electron chi connectivity index (χ3n) is 2.37. The van der Waals surface area contributed by atoms with Gasteiger partial charge in [0.25, 0.3) is 0 Å². The van der Waals surface area contributed by atoms with Gasteiger partial charge in [0, 0.05) is 31.8 Å². The summed E-state index contributed by atoms with van der Waals surface area (Å²) in [7, 11) is 1.77. The van der Waals surface area contributed by atoms with E-state index < -0.39 is 12.8 Å². The summed E-state index contributed by atoms with van der Waals surface area (Å²) in [6.07, 6.45) is -1.87. The van der Waals surface area contributed by atoms with Gasteiger partial charge in [0.15, 0.2) is 0 Å². The number of aryl methyl sites for hydroxylation is 2. The van der Waals surface area contributed by atoms with E-state index in [0.717, 1.165) is 5.69 Å². The Morgan fingerprint density at radius 2 is 2.17 bits per heavy atom. The van der Waals surface area contributed by atoms with E-state index in [9.17, 15) is 18.0 Å². The number of hydrogen-bond donors (Lipinski definition) is 0. The van der Waals surface area contributed by atoms with E-state index in [1.807, 2.05) is 0 Å². The molecular formula is C11H15F3N2O2. The van der Waals surface area contributed by atoms with E-state index in [1.165, 1.54) is 0 Å². The van der Waals surface area contributed by atoms with Gasteiger partial charge < -0.3 is 4.74 Å². The fourth-order valence-electron chi connectivity index (χ4n) is 1.41. The Morgan fingerprint density at radius 3 is 2.72 bits per heavy atom. The van der Waals surface area contributed by atoms with Crippen LogP contribution in [-0.4, -0.2) is 35.0 Å². The summed E-state index contributed by atoms with van der Waals surface area (Å²) >= 11 is 0. The third kappa shape index (κ3) is 5.81. The molecule has 0 aliphatic heterocycles. The maximum atomic E-state index is 11.7. The average Bonchev–Trinajstić information content (AvgIpc) is 2.66. The number of ketones is 1. The van der Waals surface area contributed by atoms with Gasteiger partial charge in [-0.25, -0.2) is 0 Å². The van der Waals surface area contributed by atoms with Gasteiger partial charge >= 0.3 is 6.18 Å². The van der Waals surface area contributed by atoms with Gasteiger partial charge in [0.2, 0.25) is 0 Å². The molecule has 102 valence electrons. The number of carbonyl (C=O) groups is 1. The molecule has 0 radical (unpaired) electrons. The van der Waals surface area contributed by atoms with E-state index in [0.29, 0.717) is 6.42 Å². The van der Waals surface area contributed by atoms with E-state index in [2.05, 4.69) is 9.84 Å². The van der Waals surface area contributed by atoms with Crippen LogP contribution in [0.2, 0.25) is 0 Å². The first-order chi connectivity index (χ1) is 8.38. The number of ether oxygens (including phenoxy) is 1. The number of aromatic nitrogens is 2. The maximum Gasteiger partial charge on any atom is 0.411 e. The molecule has 0 N–H and O–H groups in total. The lowest BCUT2D eigenvalue weighted by atomic mass is 10.1. The summed E-state index contributed by atoms with van der Waals surface area (Å²) in [4.78, 5) is 11.4. The molecule has 0 spiro atoms. The number of halogens is 3. The summed E-state index contributed by atoms with van der Waals surface area (Å²) in [5, 5.41) is 3.95. The summed E-state index contributed by atoms with van der Waals surface area (Å²) in [6.45, 7) is -1.49. The zero-order valence-corrected chi connectivity index (χ0v) is 10.0. The van der Waals surface area contributed by atoms with Gasteiger partial charge in [-0.15, -0.1) is 0 Å². The van der Waals surface area contributed by atoms with Gasteiger partial charge in [-0.2, -0.15) is 18.3 Å². The molecule has 0 aliphatic carbocycles. The van der Waals surface area contributed by atoms with Crippen molar-refractivity contribution in [1.82, 2.24) is 9.78 Å². The van der Waals surface area contributed by atoms with Gasteiger partial charge in [0.1, 0.15) is 12.4 Å². The standard InChI is InChI=1S/C11H15F3N2O2/c1-16-9(4-6-15-16)2-3-10(17)5-7-18-8-11(12,13)14/h4,6H,2-3,5,7-8H2,1H3. The van der Waals surface area contributed by atoms with Crippen LogP contribution in [0.5, 0.6) is 0 Å². The molecule has 7 heteroatoms. The van der Waals surface area contributed by atoms with Crippen molar-refractivity contribution in [2.45, 2.75) is 25.4 Å². The summed E-state index contributed by atoms with van der Waals surface area (Å²) < 4.78 is 41.2. The Balaban J connectivity index is 2.13. The summed E-state index contributed by atoms with van der Waals surface area (Å²) in [5.74, 6) is -0.113. The SMILES string of the molecule is Cn1nccc1CCC(=O)CCOCC(F)(F)F. The number of nitrogens with zero attached hydrogens (tertiary/aromatic N) is 2. The Morgan fingerprint density at radius 1 is 1.44 bits per heavy atom. The van der Waals surface area contributed by atoms with Crippen LogP contribution in [0.1, 0.15) is 18.5 Å². The van der Waals surface area contributed by atoms with Crippen molar-refractivity contribution in [2.75, 3.05) is 13.2 Å². The number of hydrogen-bond acceptors (Lipinski definition) is 3. The van der Waals surface area contributed by atoms with Crippen LogP contribution in [0.3, 0.4) is 0 Å². The lowest BCUT2D eigenvalue weighted by molar-refractivity contribution is -0.174. The van der Waals surface area contributed by atoms with E-state index in [4.69, 9.17) is 0 Å². The highest BCUT2D eigenvalue weighted by Crippen LogP contribution is 2.14. The van der Waals surface area contributed by atoms with Crippen molar-refractivity contribution in [3.8, 4) is 0 Å². The predicted octanol–water partition coefficient (Wildman–Crippen LogP) is 1.89. The van der Waals surface area contributed by atoms with Crippen molar-refractivity contribution in [2.24, 2.45) is 7.05 Å². The molecule has 0 fully saturated rings. The molecule has 1 aromatic rings. The fourth-order valence-corrected chi connectivity index (χ4v) is 1.41. The molecule has 0 unspecified atom stereocenters. The minimum absolute atomic E-state index is 0.00787. The van der Waals surface area contributed by atoms with E-state index in [1.54, 1.807) is 24.0 Å². The van der Waals surface area contributed by atoms with Crippen LogP contribution in [0, 0.1) is 0 Å². The first kappa shape index (κ1) is 14.7. The summed E-state index contributed by atoms with van der Waals surface area (Å²) in [5.41, 5.74) is 0.916. The van der Waals surface area contributed by atoms with Gasteiger partial charge in [-0.3, -0.25) is 9.48 Å². The van der Waals surface area contributed by atoms with Crippen LogP contribution in [0.25, 0.3) is 0 Å². The molecule has 0 atom stereocenters. The second-order valence-electron chi connectivity index (χ2n) is 3.90. The van der Waals surface area contributed by atoms with Crippen molar-refractivity contribution in [1.29, 1.82) is 0 Å². The molecule has 4 nitrogen and oxygen atoms in total. The van der Waals surface area contributed by atoms with Crippen LogP contribution in [-0.2, 0) is 23.0 Å². The Labute approximate surface area is 103 Å². The third-order valence-corrected chi connectivity index (χ3v) is 2.37. The highest BCUT2D eigenvalue weighted by molar-refractivity contribution is 5.78. The van der Waals surface area contributed by atoms with Crippen molar-refractivity contribution in [3.63, 3.8) is 0 Å². The maximum absolute atomic E-state index is 11.7. The lowest BCUT2D eigenvalue weighted by Crippen LogP contribution is -2.18. The van der Waals surface area contributed by atoms with Crippen molar-refractivity contribution >= 4 is 5.78 Å². The Hall–Kier alpha value is -1.37. The predicted molar refractivity (Wildman–Crippen MR) is 58.0 cm³/mol. The first-order valence-corrected chi connectivity index (χ1v) is 5.51. The molecule has 0 saturated carbocycles. The quantitative estimate of drug-likeness (QED) is 0.706.